The van der Waals surface area contributed by atoms with Crippen LogP contribution in [0.3, 0.4) is 0 Å². The zero-order valence-electron chi connectivity index (χ0n) is 15.2. The van der Waals surface area contributed by atoms with Crippen molar-refractivity contribution >= 4 is 5.69 Å². The molecular formula is C18H16N4O6. The Kier molecular flexibility index (Phi) is 4.44. The average molecular weight is 384 g/mol. The predicted molar refractivity (Wildman–Crippen MR) is 97.0 cm³/mol. The van der Waals surface area contributed by atoms with E-state index in [1.54, 1.807) is 20.0 Å². The number of benzene rings is 1. The first-order valence-electron chi connectivity index (χ1n) is 8.04. The molecule has 0 spiro atoms. The van der Waals surface area contributed by atoms with E-state index in [2.05, 4.69) is 0 Å². The molecule has 1 aliphatic heterocycles. The summed E-state index contributed by atoms with van der Waals surface area (Å²) in [7, 11) is 2.79. The topological polar surface area (TPSA) is 154 Å². The number of nitriles is 1. The lowest BCUT2D eigenvalue weighted by Crippen LogP contribution is -2.31. The summed E-state index contributed by atoms with van der Waals surface area (Å²) in [6, 6.07) is 5.92. The van der Waals surface area contributed by atoms with E-state index in [1.165, 1.54) is 17.7 Å². The molecule has 0 amide bonds. The number of nitrogens with two attached hydrogens (primary N) is 1. The minimum absolute atomic E-state index is 0.0736. The number of allylic oxidation sites excluding steroid dienone is 1. The fourth-order valence-electron chi connectivity index (χ4n) is 3.15. The number of nitro groups is 1. The number of ether oxygens (including phenoxy) is 2. The minimum Gasteiger partial charge on any atom is -0.500 e. The van der Waals surface area contributed by atoms with Gasteiger partial charge < -0.3 is 24.9 Å². The highest BCUT2D eigenvalue weighted by Crippen LogP contribution is 2.45. The Morgan fingerprint density at radius 3 is 2.68 bits per heavy atom. The molecule has 3 rings (SSSR count). The molecule has 0 saturated carbocycles. The van der Waals surface area contributed by atoms with Crippen LogP contribution in [0.1, 0.15) is 22.7 Å². The maximum Gasteiger partial charge on any atom is 0.314 e. The molecule has 0 aliphatic carbocycles. The maximum absolute atomic E-state index is 12.9. The van der Waals surface area contributed by atoms with Crippen molar-refractivity contribution in [3.63, 3.8) is 0 Å². The van der Waals surface area contributed by atoms with Crippen LogP contribution in [0.5, 0.6) is 17.2 Å². The number of aromatic hydroxyl groups is 1. The van der Waals surface area contributed by atoms with Gasteiger partial charge in [0.05, 0.1) is 23.5 Å². The van der Waals surface area contributed by atoms with E-state index in [0.29, 0.717) is 5.69 Å². The quantitative estimate of drug-likeness (QED) is 0.596. The number of fused-ring (bicyclic) bond motifs is 1. The summed E-state index contributed by atoms with van der Waals surface area (Å²) >= 11 is 0. The van der Waals surface area contributed by atoms with Gasteiger partial charge in [-0.1, -0.05) is 0 Å². The molecule has 0 fully saturated rings. The highest BCUT2D eigenvalue weighted by Gasteiger charge is 2.36. The number of methoxy groups -OCH3 is 1. The Morgan fingerprint density at radius 2 is 2.11 bits per heavy atom. The van der Waals surface area contributed by atoms with Crippen LogP contribution in [0.2, 0.25) is 0 Å². The molecule has 10 heteroatoms. The van der Waals surface area contributed by atoms with Gasteiger partial charge in [0, 0.05) is 24.9 Å². The van der Waals surface area contributed by atoms with E-state index in [1.807, 2.05) is 6.07 Å². The molecule has 1 aromatic carbocycles. The van der Waals surface area contributed by atoms with E-state index in [9.17, 15) is 25.3 Å². The van der Waals surface area contributed by atoms with Crippen molar-refractivity contribution in [1.29, 1.82) is 5.26 Å². The van der Waals surface area contributed by atoms with Gasteiger partial charge in [0.2, 0.25) is 11.6 Å². The number of rotatable bonds is 3. The second kappa shape index (κ2) is 6.62. The summed E-state index contributed by atoms with van der Waals surface area (Å²) < 4.78 is 11.9. The number of aryl methyl sites for hydroxylation is 1. The molecule has 0 bridgehead atoms. The van der Waals surface area contributed by atoms with Crippen LogP contribution in [0, 0.1) is 28.4 Å². The number of nitrogens with zero attached hydrogens (tertiary/aromatic N) is 3. The van der Waals surface area contributed by atoms with E-state index in [-0.39, 0.29) is 34.1 Å². The van der Waals surface area contributed by atoms with Crippen LogP contribution in [0.4, 0.5) is 5.69 Å². The van der Waals surface area contributed by atoms with Crippen LogP contribution in [0.15, 0.2) is 34.4 Å². The van der Waals surface area contributed by atoms with Gasteiger partial charge in [-0.05, 0) is 18.6 Å². The highest BCUT2D eigenvalue weighted by atomic mass is 16.6. The molecule has 1 aliphatic rings. The number of nitro benzene ring substituents is 1. The molecule has 28 heavy (non-hydrogen) atoms. The van der Waals surface area contributed by atoms with Crippen LogP contribution >= 0.6 is 0 Å². The molecule has 0 radical (unpaired) electrons. The van der Waals surface area contributed by atoms with Crippen molar-refractivity contribution in [2.75, 3.05) is 7.11 Å². The number of phenolic OH excluding ortho intramolecular Hbond substituents is 1. The normalized spacial score (nSPS) is 15.4. The second-order valence-electron chi connectivity index (χ2n) is 6.20. The largest absolute Gasteiger partial charge is 0.500 e. The first-order chi connectivity index (χ1) is 13.2. The van der Waals surface area contributed by atoms with Crippen molar-refractivity contribution in [3.05, 3.63) is 66.9 Å². The third-order valence-electron chi connectivity index (χ3n) is 4.68. The second-order valence-corrected chi connectivity index (χ2v) is 6.20. The third-order valence-corrected chi connectivity index (χ3v) is 4.68. The third kappa shape index (κ3) is 2.69. The highest BCUT2D eigenvalue weighted by molar-refractivity contribution is 5.63. The van der Waals surface area contributed by atoms with E-state index in [0.717, 1.165) is 6.07 Å². The van der Waals surface area contributed by atoms with Gasteiger partial charge in [0.25, 0.3) is 5.56 Å². The fourth-order valence-corrected chi connectivity index (χ4v) is 3.15. The van der Waals surface area contributed by atoms with Crippen molar-refractivity contribution in [2.24, 2.45) is 12.8 Å². The zero-order valence-corrected chi connectivity index (χ0v) is 15.2. The van der Waals surface area contributed by atoms with Gasteiger partial charge >= 0.3 is 5.69 Å². The van der Waals surface area contributed by atoms with Gasteiger partial charge in [0.1, 0.15) is 17.4 Å². The van der Waals surface area contributed by atoms with Crippen molar-refractivity contribution in [2.45, 2.75) is 12.8 Å². The molecule has 1 aromatic heterocycles. The summed E-state index contributed by atoms with van der Waals surface area (Å²) in [5.41, 5.74) is 5.65. The number of pyridine rings is 1. The van der Waals surface area contributed by atoms with Gasteiger partial charge in [0.15, 0.2) is 5.75 Å². The molecule has 10 nitrogen and oxygen atoms in total. The van der Waals surface area contributed by atoms with Crippen LogP contribution < -0.4 is 20.8 Å². The summed E-state index contributed by atoms with van der Waals surface area (Å²) in [5.74, 6) is -1.90. The lowest BCUT2D eigenvalue weighted by Gasteiger charge is -2.27. The van der Waals surface area contributed by atoms with Gasteiger partial charge in [-0.25, -0.2) is 0 Å². The molecule has 0 saturated heterocycles. The zero-order chi connectivity index (χ0) is 20.7. The summed E-state index contributed by atoms with van der Waals surface area (Å²) in [4.78, 5) is 23.5. The van der Waals surface area contributed by atoms with Gasteiger partial charge in [-0.15, -0.1) is 0 Å². The Labute approximate surface area is 158 Å². The number of aromatic nitrogens is 1. The minimum atomic E-state index is -1.03. The first kappa shape index (κ1) is 18.8. The Hall–Kier alpha value is -4.00. The summed E-state index contributed by atoms with van der Waals surface area (Å²) in [6.45, 7) is 1.70. The van der Waals surface area contributed by atoms with Crippen LogP contribution in [-0.4, -0.2) is 21.7 Å². The van der Waals surface area contributed by atoms with Crippen molar-refractivity contribution in [3.8, 4) is 23.3 Å². The van der Waals surface area contributed by atoms with Gasteiger partial charge in [-0.2, -0.15) is 5.26 Å². The lowest BCUT2D eigenvalue weighted by atomic mass is 9.83. The number of hydrogen-bond donors (Lipinski definition) is 2. The molecule has 3 N–H and O–H groups in total. The van der Waals surface area contributed by atoms with Crippen LogP contribution in [-0.2, 0) is 7.05 Å². The van der Waals surface area contributed by atoms with E-state index >= 15 is 0 Å². The standard InChI is InChI=1S/C18H16N4O6/c1-8-4-12-15(18(24)21(8)2)14(10(7-19)17(20)28-12)9-5-11(22(25)26)16(23)13(6-9)27-3/h4-6,14,23H,20H2,1-3H3/t14-/m0/s1. The number of hydrogen-bond acceptors (Lipinski definition) is 8. The Morgan fingerprint density at radius 1 is 1.43 bits per heavy atom. The Balaban J connectivity index is 2.40. The summed E-state index contributed by atoms with van der Waals surface area (Å²) in [6.07, 6.45) is 0. The fraction of sp³-hybridized carbons (Fsp3) is 0.222. The molecule has 2 heterocycles. The number of phenols is 1. The molecular weight excluding hydrogens is 368 g/mol. The van der Waals surface area contributed by atoms with E-state index in [4.69, 9.17) is 15.2 Å². The van der Waals surface area contributed by atoms with Crippen LogP contribution in [0.25, 0.3) is 0 Å². The molecule has 0 unspecified atom stereocenters. The molecule has 144 valence electrons. The average Bonchev–Trinajstić information content (AvgIpc) is 2.65. The molecule has 2 aromatic rings. The Bertz CT molecular complexity index is 1140. The van der Waals surface area contributed by atoms with Gasteiger partial charge in [-0.3, -0.25) is 14.9 Å². The predicted octanol–water partition coefficient (Wildman–Crippen LogP) is 1.53. The van der Waals surface area contributed by atoms with E-state index < -0.39 is 27.8 Å². The SMILES string of the molecule is COc1cc([C@H]2C(C#N)=C(N)Oc3cc(C)n(C)c(=O)c32)cc([N+](=O)[O-])c1O. The summed E-state index contributed by atoms with van der Waals surface area (Å²) in [5, 5.41) is 31.0. The maximum atomic E-state index is 12.9. The van der Waals surface area contributed by atoms with Crippen molar-refractivity contribution in [1.82, 2.24) is 4.57 Å². The monoisotopic (exact) mass is 384 g/mol. The lowest BCUT2D eigenvalue weighted by molar-refractivity contribution is -0.386. The van der Waals surface area contributed by atoms with Crippen molar-refractivity contribution < 1.29 is 19.5 Å². The molecule has 1 atom stereocenters. The smallest absolute Gasteiger partial charge is 0.314 e. The first-order valence-corrected chi connectivity index (χ1v) is 8.04.